The van der Waals surface area contributed by atoms with Gasteiger partial charge in [0.2, 0.25) is 11.5 Å². The average molecular weight is 1100 g/mol. The first-order valence-corrected chi connectivity index (χ1v) is 28.6. The summed E-state index contributed by atoms with van der Waals surface area (Å²) in [6.45, 7) is 13.4. The number of anilines is 2. The van der Waals surface area contributed by atoms with Crippen LogP contribution in [0, 0.1) is 34.2 Å². The molecule has 5 aromatic heterocycles. The van der Waals surface area contributed by atoms with Gasteiger partial charge in [-0.05, 0) is 110 Å². The highest BCUT2D eigenvalue weighted by molar-refractivity contribution is 7.90. The first-order valence-electron chi connectivity index (χ1n) is 27.1. The van der Waals surface area contributed by atoms with Crippen LogP contribution in [0.1, 0.15) is 117 Å². The number of piperidine rings is 1. The predicted molar refractivity (Wildman–Crippen MR) is 294 cm³/mol. The van der Waals surface area contributed by atoms with Crippen molar-refractivity contribution >= 4 is 55.4 Å². The van der Waals surface area contributed by atoms with E-state index < -0.39 is 42.9 Å². The van der Waals surface area contributed by atoms with Crippen LogP contribution >= 0.6 is 0 Å². The number of aromatic amines is 1. The van der Waals surface area contributed by atoms with Crippen LogP contribution in [0.25, 0.3) is 22.3 Å². The molecule has 1 amide bonds. The van der Waals surface area contributed by atoms with Crippen molar-refractivity contribution in [2.24, 2.45) is 11.3 Å². The molecule has 7 aromatic rings. The molecule has 79 heavy (non-hydrogen) atoms. The fraction of sp³-hybridized carbons (Fsp3) is 0.456. The van der Waals surface area contributed by atoms with E-state index in [1.165, 1.54) is 30.4 Å². The lowest BCUT2D eigenvalue weighted by Gasteiger charge is -2.58. The number of carbonyl (C=O) groups excluding carboxylic acids is 1. The Morgan fingerprint density at radius 2 is 1.78 bits per heavy atom. The van der Waals surface area contributed by atoms with E-state index >= 15 is 0 Å². The molecular formula is C57H66FN11O9S. The maximum atomic E-state index is 14.9. The number of ether oxygens (including phenoxy) is 2. The third-order valence-electron chi connectivity index (χ3n) is 16.8. The SMILES string of the molecule is COc1nc2[nH]cc(F)c2cc1Oc1cc(N2CCC3(CC2)CC(N2CCN(Cc4ccnc5oc(C)nc45)C[C@H]2c2ccccc2C(C)C)C3)ccc1C(=O)NS(=O)(=O)c1cnc(NCC2CCC(C)(O)CC2)c([N+](=O)[O-])c1. The average Bonchev–Trinajstić information content (AvgIpc) is 4.02. The van der Waals surface area contributed by atoms with Gasteiger partial charge in [0.05, 0.1) is 34.8 Å². The Kier molecular flexibility index (Phi) is 14.6. The van der Waals surface area contributed by atoms with Crippen molar-refractivity contribution in [2.45, 2.75) is 114 Å². The quantitative estimate of drug-likeness (QED) is 0.0519. The number of aryl methyl sites for hydroxylation is 1. The molecular weight excluding hydrogens is 1030 g/mol. The van der Waals surface area contributed by atoms with E-state index in [0.717, 1.165) is 87.1 Å². The molecule has 2 aliphatic heterocycles. The number of sulfonamides is 1. The largest absolute Gasteiger partial charge is 0.478 e. The number of nitrogens with zero attached hydrogens (tertiary/aromatic N) is 8. The molecule has 416 valence electrons. The summed E-state index contributed by atoms with van der Waals surface area (Å²) in [6, 6.07) is 18.6. The normalized spacial score (nSPS) is 21.1. The van der Waals surface area contributed by atoms with E-state index in [9.17, 15) is 32.8 Å². The van der Waals surface area contributed by atoms with Crippen LogP contribution in [-0.2, 0) is 16.6 Å². The zero-order valence-electron chi connectivity index (χ0n) is 45.0. The van der Waals surface area contributed by atoms with Gasteiger partial charge in [0.15, 0.2) is 11.6 Å². The second-order valence-electron chi connectivity index (χ2n) is 22.5. The van der Waals surface area contributed by atoms with Gasteiger partial charge in [-0.1, -0.05) is 38.1 Å². The summed E-state index contributed by atoms with van der Waals surface area (Å²) in [5.41, 5.74) is 4.77. The number of benzene rings is 2. The van der Waals surface area contributed by atoms with Crippen LogP contribution in [0.2, 0.25) is 0 Å². The van der Waals surface area contributed by atoms with Gasteiger partial charge in [-0.3, -0.25) is 24.7 Å². The minimum atomic E-state index is -4.75. The van der Waals surface area contributed by atoms with Crippen LogP contribution in [0.3, 0.4) is 0 Å². The van der Waals surface area contributed by atoms with Crippen LogP contribution < -0.4 is 24.4 Å². The van der Waals surface area contributed by atoms with Crippen LogP contribution in [0.5, 0.6) is 17.4 Å². The number of nitrogens with one attached hydrogen (secondary N) is 3. The van der Waals surface area contributed by atoms with Gasteiger partial charge in [0.25, 0.3) is 21.8 Å². The Hall–Kier alpha value is -7.27. The van der Waals surface area contributed by atoms with Gasteiger partial charge < -0.3 is 34.2 Å². The number of piperazine rings is 1. The number of nitro groups is 1. The topological polar surface area (TPSA) is 247 Å². The minimum Gasteiger partial charge on any atom is -0.478 e. The fourth-order valence-electron chi connectivity index (χ4n) is 12.4. The highest BCUT2D eigenvalue weighted by Gasteiger charge is 2.50. The number of pyridine rings is 3. The molecule has 1 spiro atoms. The van der Waals surface area contributed by atoms with Crippen molar-refractivity contribution in [3.05, 3.63) is 123 Å². The molecule has 22 heteroatoms. The first-order chi connectivity index (χ1) is 37.8. The summed E-state index contributed by atoms with van der Waals surface area (Å²) in [5, 5.41) is 25.7. The Morgan fingerprint density at radius 1 is 1.01 bits per heavy atom. The maximum Gasteiger partial charge on any atom is 0.312 e. The highest BCUT2D eigenvalue weighted by Crippen LogP contribution is 2.54. The number of carbonyl (C=O) groups is 1. The molecule has 1 atom stereocenters. The number of aliphatic hydroxyl groups is 1. The van der Waals surface area contributed by atoms with E-state index in [2.05, 4.69) is 87.8 Å². The molecule has 0 unspecified atom stereocenters. The Balaban J connectivity index is 0.806. The number of hydrogen-bond acceptors (Lipinski definition) is 17. The van der Waals surface area contributed by atoms with Crippen LogP contribution in [0.15, 0.2) is 88.6 Å². The molecule has 2 aliphatic carbocycles. The molecule has 0 radical (unpaired) electrons. The summed E-state index contributed by atoms with van der Waals surface area (Å²) in [6.07, 6.45) is 10.5. The van der Waals surface area contributed by atoms with Gasteiger partial charge in [0.1, 0.15) is 27.6 Å². The molecule has 11 rings (SSSR count). The number of methoxy groups -OCH3 is 1. The van der Waals surface area contributed by atoms with Gasteiger partial charge in [-0.25, -0.2) is 32.5 Å². The predicted octanol–water partition coefficient (Wildman–Crippen LogP) is 9.55. The van der Waals surface area contributed by atoms with Crippen molar-refractivity contribution in [2.75, 3.05) is 56.6 Å². The lowest BCUT2D eigenvalue weighted by Crippen LogP contribution is -2.60. The van der Waals surface area contributed by atoms with E-state index in [4.69, 9.17) is 13.9 Å². The smallest absolute Gasteiger partial charge is 0.312 e. The van der Waals surface area contributed by atoms with Gasteiger partial charge in [0, 0.05) is 101 Å². The summed E-state index contributed by atoms with van der Waals surface area (Å²) >= 11 is 0. The second-order valence-corrected chi connectivity index (χ2v) is 24.2. The molecule has 4 aliphatic rings. The van der Waals surface area contributed by atoms with E-state index in [1.807, 2.05) is 13.0 Å². The van der Waals surface area contributed by atoms with Gasteiger partial charge >= 0.3 is 5.69 Å². The summed E-state index contributed by atoms with van der Waals surface area (Å²) in [4.78, 5) is 53.0. The van der Waals surface area contributed by atoms with Crippen LogP contribution in [-0.4, -0.2) is 117 Å². The van der Waals surface area contributed by atoms with Gasteiger partial charge in [-0.2, -0.15) is 4.98 Å². The van der Waals surface area contributed by atoms with Crippen molar-refractivity contribution in [3.8, 4) is 17.4 Å². The number of fused-ring (bicyclic) bond motifs is 2. The molecule has 4 N–H and O–H groups in total. The highest BCUT2D eigenvalue weighted by atomic mass is 32.2. The molecule has 0 bridgehead atoms. The van der Waals surface area contributed by atoms with Crippen molar-refractivity contribution in [1.29, 1.82) is 0 Å². The number of halogens is 1. The lowest BCUT2D eigenvalue weighted by atomic mass is 9.59. The van der Waals surface area contributed by atoms with E-state index in [-0.39, 0.29) is 57.2 Å². The Bertz CT molecular complexity index is 3540. The number of amides is 1. The van der Waals surface area contributed by atoms with Crippen molar-refractivity contribution in [3.63, 3.8) is 0 Å². The Labute approximate surface area is 457 Å². The molecule has 2 saturated heterocycles. The number of aromatic nitrogens is 5. The third-order valence-corrected chi connectivity index (χ3v) is 18.1. The standard InChI is InChI=1S/C57H66FN11O9S/c1-34(2)41-8-6-7-9-42(41)47-33-66(32-37-14-19-59-55-50(37)63-35(3)77-55)22-23-68(47)39-27-57(28-39)17-20-67(21-18-57)38-10-11-43(48(24-38)78-49-26-44-45(58)31-62-51(44)64-54(49)76-5)53(70)65-79(74,75)40-25-46(69(72)73)52(61-30-40)60-29-36-12-15-56(4,71)16-13-36/h6-11,14,19,24-26,30-31,34,36,39,47,71H,12-13,15-18,20-23,27-29,32-33H2,1-5H3,(H,60,61)(H,62,64)(H,65,70)/t36?,47-,56?/m0/s1. The van der Waals surface area contributed by atoms with Crippen molar-refractivity contribution < 1.29 is 41.5 Å². The molecule has 4 fully saturated rings. The fourth-order valence-corrected chi connectivity index (χ4v) is 13.3. The Morgan fingerprint density at radius 3 is 2.53 bits per heavy atom. The number of H-pyrrole nitrogens is 1. The van der Waals surface area contributed by atoms with Crippen LogP contribution in [0.4, 0.5) is 21.6 Å². The zero-order chi connectivity index (χ0) is 55.4. The van der Waals surface area contributed by atoms with Gasteiger partial charge in [-0.15, -0.1) is 0 Å². The summed E-state index contributed by atoms with van der Waals surface area (Å²) in [5.74, 6) is -0.818. The minimum absolute atomic E-state index is 0.0196. The third kappa shape index (κ3) is 11.1. The number of hydrogen-bond donors (Lipinski definition) is 4. The summed E-state index contributed by atoms with van der Waals surface area (Å²) in [7, 11) is -3.38. The number of oxazole rings is 1. The molecule has 2 aromatic carbocycles. The summed E-state index contributed by atoms with van der Waals surface area (Å²) < 4.78 is 62.5. The monoisotopic (exact) mass is 1100 g/mol. The first kappa shape index (κ1) is 53.7. The molecule has 20 nitrogen and oxygen atoms in total. The molecule has 7 heterocycles. The van der Waals surface area contributed by atoms with Crippen molar-refractivity contribution in [1.82, 2.24) is 39.4 Å². The maximum absolute atomic E-state index is 14.9. The lowest BCUT2D eigenvalue weighted by molar-refractivity contribution is -0.384. The molecule has 2 saturated carbocycles. The second kappa shape index (κ2) is 21.4. The van der Waals surface area contributed by atoms with E-state index in [1.54, 1.807) is 25.3 Å². The number of rotatable bonds is 16. The van der Waals surface area contributed by atoms with E-state index in [0.29, 0.717) is 68.9 Å². The zero-order valence-corrected chi connectivity index (χ0v) is 45.8.